The highest BCUT2D eigenvalue weighted by atomic mass is 16.5. The molecule has 44 heavy (non-hydrogen) atoms. The molecule has 9 nitrogen and oxygen atoms in total. The molecule has 224 valence electrons. The highest BCUT2D eigenvalue weighted by Gasteiger charge is 2.36. The molecular weight excluding hydrogens is 562 g/mol. The molecule has 0 radical (unpaired) electrons. The first-order valence-corrected chi connectivity index (χ1v) is 14.0. The van der Waals surface area contributed by atoms with E-state index < -0.39 is 30.2 Å². The summed E-state index contributed by atoms with van der Waals surface area (Å²) in [4.78, 5) is 52.0. The molecule has 0 spiro atoms. The van der Waals surface area contributed by atoms with E-state index in [1.165, 1.54) is 41.8 Å². The number of benzene rings is 4. The number of amides is 1. The van der Waals surface area contributed by atoms with Gasteiger partial charge in [0.15, 0.2) is 12.4 Å². The molecule has 1 amide bonds. The summed E-state index contributed by atoms with van der Waals surface area (Å²) in [6.45, 7) is 3.73. The van der Waals surface area contributed by atoms with Crippen molar-refractivity contribution in [2.75, 3.05) is 25.2 Å². The summed E-state index contributed by atoms with van der Waals surface area (Å²) in [7, 11) is 1.50. The molecule has 1 saturated heterocycles. The third-order valence-electron chi connectivity index (χ3n) is 7.36. The van der Waals surface area contributed by atoms with Crippen molar-refractivity contribution in [3.8, 4) is 23.0 Å². The number of nitrogens with zero attached hydrogens (tertiary/aromatic N) is 1. The summed E-state index contributed by atoms with van der Waals surface area (Å²) < 4.78 is 21.7. The number of carbonyl (C=O) groups is 4. The van der Waals surface area contributed by atoms with Crippen molar-refractivity contribution in [3.05, 3.63) is 113 Å². The number of anilines is 1. The zero-order chi connectivity index (χ0) is 31.2. The summed E-state index contributed by atoms with van der Waals surface area (Å²) in [5.74, 6) is -0.393. The number of ether oxygens (including phenoxy) is 4. The lowest BCUT2D eigenvalue weighted by molar-refractivity contribution is -0.147. The van der Waals surface area contributed by atoms with Gasteiger partial charge in [-0.3, -0.25) is 14.4 Å². The second-order valence-electron chi connectivity index (χ2n) is 10.4. The Morgan fingerprint density at radius 2 is 1.48 bits per heavy atom. The number of methoxy groups -OCH3 is 1. The number of ketones is 1. The molecule has 5 rings (SSSR count). The number of aryl methyl sites for hydroxylation is 2. The number of hydrogen-bond acceptors (Lipinski definition) is 8. The first-order valence-electron chi connectivity index (χ1n) is 14.0. The Labute approximate surface area is 254 Å². The average Bonchev–Trinajstić information content (AvgIpc) is 3.43. The molecule has 1 aliphatic rings. The predicted octanol–water partition coefficient (Wildman–Crippen LogP) is 6.10. The molecule has 0 aromatic heterocycles. The van der Waals surface area contributed by atoms with Gasteiger partial charge in [-0.25, -0.2) is 4.79 Å². The van der Waals surface area contributed by atoms with Gasteiger partial charge in [-0.1, -0.05) is 12.1 Å². The van der Waals surface area contributed by atoms with E-state index >= 15 is 0 Å². The van der Waals surface area contributed by atoms with Crippen molar-refractivity contribution < 1.29 is 38.1 Å². The van der Waals surface area contributed by atoms with Crippen molar-refractivity contribution in [2.45, 2.75) is 20.3 Å². The summed E-state index contributed by atoms with van der Waals surface area (Å²) >= 11 is 0. The van der Waals surface area contributed by atoms with Gasteiger partial charge in [-0.05, 0) is 104 Å². The molecule has 0 aliphatic carbocycles. The number of hydrogen-bond donors (Lipinski definition) is 0. The first kappa shape index (κ1) is 30.0. The Morgan fingerprint density at radius 1 is 0.773 bits per heavy atom. The monoisotopic (exact) mass is 593 g/mol. The molecule has 4 aromatic rings. The van der Waals surface area contributed by atoms with Crippen LogP contribution in [0.25, 0.3) is 0 Å². The maximum atomic E-state index is 12.7. The smallest absolute Gasteiger partial charge is 0.343 e. The van der Waals surface area contributed by atoms with E-state index in [-0.39, 0.29) is 30.2 Å². The molecule has 0 N–H and O–H groups in total. The van der Waals surface area contributed by atoms with Crippen molar-refractivity contribution >= 4 is 29.3 Å². The third kappa shape index (κ3) is 7.12. The standard InChI is InChI=1S/C35H31NO8/c1-22-7-12-31(17-23(22)2)43-28-15-10-27(11-16-28)36-20-26(19-33(36)38)34(39)42-21-32(37)24-8-13-29(14-9-24)44-35(40)25-5-4-6-30(18-25)41-3/h4-18,26H,19-21H2,1-3H3/t26-/m1/s1. The lowest BCUT2D eigenvalue weighted by atomic mass is 10.1. The fraction of sp³-hybridized carbons (Fsp3) is 0.200. The SMILES string of the molecule is COc1cccc(C(=O)Oc2ccc(C(=O)COC(=O)[C@@H]3CC(=O)N(c4ccc(Oc5ccc(C)c(C)c5)cc4)C3)cc2)c1. The van der Waals surface area contributed by atoms with E-state index in [1.54, 1.807) is 48.5 Å². The van der Waals surface area contributed by atoms with Crippen LogP contribution in [0.15, 0.2) is 91.0 Å². The van der Waals surface area contributed by atoms with Gasteiger partial charge < -0.3 is 23.8 Å². The molecule has 0 saturated carbocycles. The average molecular weight is 594 g/mol. The summed E-state index contributed by atoms with van der Waals surface area (Å²) in [6.07, 6.45) is -0.0126. The zero-order valence-electron chi connectivity index (χ0n) is 24.6. The van der Waals surface area contributed by atoms with Gasteiger partial charge in [0, 0.05) is 24.2 Å². The van der Waals surface area contributed by atoms with E-state index in [1.807, 2.05) is 32.0 Å². The van der Waals surface area contributed by atoms with Gasteiger partial charge in [0.1, 0.15) is 23.0 Å². The number of rotatable bonds is 10. The molecule has 1 fully saturated rings. The number of esters is 2. The highest BCUT2D eigenvalue weighted by Crippen LogP contribution is 2.30. The van der Waals surface area contributed by atoms with Crippen molar-refractivity contribution in [1.29, 1.82) is 0 Å². The van der Waals surface area contributed by atoms with E-state index in [0.29, 0.717) is 22.7 Å². The van der Waals surface area contributed by atoms with Gasteiger partial charge in [-0.2, -0.15) is 0 Å². The fourth-order valence-electron chi connectivity index (χ4n) is 4.69. The van der Waals surface area contributed by atoms with Crippen molar-refractivity contribution in [2.24, 2.45) is 5.92 Å². The Kier molecular flexibility index (Phi) is 9.04. The van der Waals surface area contributed by atoms with Crippen LogP contribution in [-0.4, -0.2) is 43.9 Å². The second kappa shape index (κ2) is 13.2. The maximum absolute atomic E-state index is 12.7. The highest BCUT2D eigenvalue weighted by molar-refractivity contribution is 6.01. The minimum atomic E-state index is -0.694. The topological polar surface area (TPSA) is 108 Å². The van der Waals surface area contributed by atoms with E-state index in [9.17, 15) is 19.2 Å². The zero-order valence-corrected chi connectivity index (χ0v) is 24.6. The minimum absolute atomic E-state index is 0.0126. The largest absolute Gasteiger partial charge is 0.497 e. The predicted molar refractivity (Wildman–Crippen MR) is 163 cm³/mol. The summed E-state index contributed by atoms with van der Waals surface area (Å²) in [5, 5.41) is 0. The van der Waals surface area contributed by atoms with Gasteiger partial charge in [0.2, 0.25) is 5.91 Å². The Balaban J connectivity index is 1.11. The normalized spacial score (nSPS) is 14.2. The fourth-order valence-corrected chi connectivity index (χ4v) is 4.69. The van der Waals surface area contributed by atoms with Crippen molar-refractivity contribution in [3.63, 3.8) is 0 Å². The van der Waals surface area contributed by atoms with Crippen LogP contribution >= 0.6 is 0 Å². The number of Topliss-reactive ketones (excluding diaryl/α,β-unsaturated/α-hetero) is 1. The lowest BCUT2D eigenvalue weighted by Crippen LogP contribution is -2.27. The summed E-state index contributed by atoms with van der Waals surface area (Å²) in [5.41, 5.74) is 3.55. The molecule has 1 aliphatic heterocycles. The Hall–Kier alpha value is -5.44. The van der Waals surface area contributed by atoms with E-state index in [2.05, 4.69) is 0 Å². The van der Waals surface area contributed by atoms with E-state index in [4.69, 9.17) is 18.9 Å². The molecule has 1 atom stereocenters. The van der Waals surface area contributed by atoms with Gasteiger partial charge in [0.05, 0.1) is 18.6 Å². The minimum Gasteiger partial charge on any atom is -0.497 e. The lowest BCUT2D eigenvalue weighted by Gasteiger charge is -2.17. The van der Waals surface area contributed by atoms with Crippen LogP contribution in [-0.2, 0) is 14.3 Å². The molecule has 0 unspecified atom stereocenters. The van der Waals surface area contributed by atoms with Crippen LogP contribution in [0.3, 0.4) is 0 Å². The van der Waals surface area contributed by atoms with Crippen LogP contribution in [0.1, 0.15) is 38.3 Å². The van der Waals surface area contributed by atoms with Crippen LogP contribution in [0, 0.1) is 19.8 Å². The molecule has 4 aromatic carbocycles. The van der Waals surface area contributed by atoms with Gasteiger partial charge in [0.25, 0.3) is 0 Å². The van der Waals surface area contributed by atoms with Crippen LogP contribution in [0.2, 0.25) is 0 Å². The van der Waals surface area contributed by atoms with Gasteiger partial charge >= 0.3 is 11.9 Å². The van der Waals surface area contributed by atoms with Crippen molar-refractivity contribution in [1.82, 2.24) is 0 Å². The molecule has 0 bridgehead atoms. The summed E-state index contributed by atoms with van der Waals surface area (Å²) in [6, 6.07) is 25.4. The molecular formula is C35H31NO8. The molecule has 1 heterocycles. The second-order valence-corrected chi connectivity index (χ2v) is 10.4. The van der Waals surface area contributed by atoms with Crippen LogP contribution < -0.4 is 19.1 Å². The van der Waals surface area contributed by atoms with Crippen LogP contribution in [0.4, 0.5) is 5.69 Å². The Bertz CT molecular complexity index is 1700. The van der Waals surface area contributed by atoms with E-state index in [0.717, 1.165) is 11.3 Å². The van der Waals surface area contributed by atoms with Crippen LogP contribution in [0.5, 0.6) is 23.0 Å². The Morgan fingerprint density at radius 3 is 2.18 bits per heavy atom. The quantitative estimate of drug-likeness (QED) is 0.123. The number of carbonyl (C=O) groups excluding carboxylic acids is 4. The molecule has 9 heteroatoms. The maximum Gasteiger partial charge on any atom is 0.343 e. The first-order chi connectivity index (χ1) is 21.2. The van der Waals surface area contributed by atoms with Gasteiger partial charge in [-0.15, -0.1) is 0 Å². The third-order valence-corrected chi connectivity index (χ3v) is 7.36.